The van der Waals surface area contributed by atoms with E-state index in [0.717, 1.165) is 5.75 Å². The summed E-state index contributed by atoms with van der Waals surface area (Å²) in [5.74, 6) is 1.10. The third-order valence-electron chi connectivity index (χ3n) is 3.39. The molecule has 1 aliphatic heterocycles. The molecule has 92 valence electrons. The predicted octanol–water partition coefficient (Wildman–Crippen LogP) is 2.54. The number of hydrogen-bond acceptors (Lipinski definition) is 1. The van der Waals surface area contributed by atoms with E-state index in [-0.39, 0.29) is 0 Å². The van der Waals surface area contributed by atoms with Crippen LogP contribution in [-0.2, 0) is 6.73 Å². The van der Waals surface area contributed by atoms with Crippen molar-refractivity contribution in [3.63, 3.8) is 0 Å². The van der Waals surface area contributed by atoms with Gasteiger partial charge in [-0.2, -0.15) is 4.57 Å². The standard InChI is InChI=1S/C15H18NOSi/c1-18(2,3)14-9-6-7-12-13-8-4-5-10-16(13)11-17-15(12)14/h4-10H,11H2,1-3H3/q+1. The molecule has 3 heteroatoms. The fraction of sp³-hybridized carbons (Fsp3) is 0.267. The normalized spacial score (nSPS) is 13.5. The Morgan fingerprint density at radius 2 is 1.89 bits per heavy atom. The van der Waals surface area contributed by atoms with Crippen LogP contribution in [0.2, 0.25) is 19.6 Å². The van der Waals surface area contributed by atoms with E-state index in [1.807, 2.05) is 6.07 Å². The van der Waals surface area contributed by atoms with E-state index < -0.39 is 8.07 Å². The minimum absolute atomic E-state index is 0.616. The zero-order valence-electron chi connectivity index (χ0n) is 11.1. The van der Waals surface area contributed by atoms with Gasteiger partial charge in [0.05, 0.1) is 13.6 Å². The summed E-state index contributed by atoms with van der Waals surface area (Å²) in [6, 6.07) is 12.8. The topological polar surface area (TPSA) is 13.1 Å². The first-order valence-electron chi connectivity index (χ1n) is 6.32. The molecule has 2 aromatic rings. The molecular formula is C15H18NOSi+. The van der Waals surface area contributed by atoms with Gasteiger partial charge in [0.2, 0.25) is 5.69 Å². The number of ether oxygens (including phenoxy) is 1. The van der Waals surface area contributed by atoms with Crippen molar-refractivity contribution in [2.45, 2.75) is 26.4 Å². The molecular weight excluding hydrogens is 238 g/mol. The Labute approximate surface area is 109 Å². The molecule has 2 nitrogen and oxygen atoms in total. The van der Waals surface area contributed by atoms with Crippen molar-refractivity contribution in [2.24, 2.45) is 0 Å². The zero-order valence-corrected chi connectivity index (χ0v) is 12.1. The van der Waals surface area contributed by atoms with Gasteiger partial charge in [-0.25, -0.2) is 0 Å². The van der Waals surface area contributed by atoms with E-state index in [2.05, 4.69) is 60.7 Å². The van der Waals surface area contributed by atoms with Crippen molar-refractivity contribution in [3.05, 3.63) is 42.6 Å². The van der Waals surface area contributed by atoms with Crippen LogP contribution in [0.4, 0.5) is 0 Å². The summed E-state index contributed by atoms with van der Waals surface area (Å²) in [5, 5.41) is 1.41. The first-order valence-corrected chi connectivity index (χ1v) is 9.82. The monoisotopic (exact) mass is 256 g/mol. The Morgan fingerprint density at radius 1 is 1.06 bits per heavy atom. The van der Waals surface area contributed by atoms with E-state index in [0.29, 0.717) is 6.73 Å². The summed E-state index contributed by atoms with van der Waals surface area (Å²) in [7, 11) is -1.37. The SMILES string of the molecule is C[Si](C)(C)c1cccc2c1OC[n+]1ccccc1-2. The van der Waals surface area contributed by atoms with Crippen LogP contribution in [0.1, 0.15) is 0 Å². The Kier molecular flexibility index (Phi) is 2.52. The summed E-state index contributed by atoms with van der Waals surface area (Å²) >= 11 is 0. The van der Waals surface area contributed by atoms with Gasteiger partial charge in [0.25, 0.3) is 6.73 Å². The second kappa shape index (κ2) is 3.95. The number of nitrogens with zero attached hydrogens (tertiary/aromatic N) is 1. The van der Waals surface area contributed by atoms with E-state index in [1.165, 1.54) is 16.4 Å². The Morgan fingerprint density at radius 3 is 2.67 bits per heavy atom. The van der Waals surface area contributed by atoms with Gasteiger partial charge >= 0.3 is 0 Å². The molecule has 3 rings (SSSR count). The van der Waals surface area contributed by atoms with Crippen molar-refractivity contribution in [1.29, 1.82) is 0 Å². The molecule has 2 heterocycles. The Hall–Kier alpha value is -1.61. The Balaban J connectivity index is 2.25. The molecule has 0 saturated heterocycles. The lowest BCUT2D eigenvalue weighted by Gasteiger charge is -2.24. The third kappa shape index (κ3) is 1.75. The minimum atomic E-state index is -1.37. The molecule has 0 bridgehead atoms. The fourth-order valence-corrected chi connectivity index (χ4v) is 3.94. The van der Waals surface area contributed by atoms with Crippen molar-refractivity contribution >= 4 is 13.3 Å². The lowest BCUT2D eigenvalue weighted by atomic mass is 10.1. The number of para-hydroxylation sites is 1. The van der Waals surface area contributed by atoms with E-state index in [9.17, 15) is 0 Å². The summed E-state index contributed by atoms with van der Waals surface area (Å²) in [5.41, 5.74) is 2.47. The molecule has 0 N–H and O–H groups in total. The molecule has 0 atom stereocenters. The third-order valence-corrected chi connectivity index (χ3v) is 5.40. The number of pyridine rings is 1. The molecule has 1 aromatic heterocycles. The molecule has 0 unspecified atom stereocenters. The van der Waals surface area contributed by atoms with Crippen molar-refractivity contribution in [2.75, 3.05) is 0 Å². The van der Waals surface area contributed by atoms with Gasteiger partial charge in [-0.15, -0.1) is 0 Å². The number of fused-ring (bicyclic) bond motifs is 3. The lowest BCUT2D eigenvalue weighted by Crippen LogP contribution is -2.45. The van der Waals surface area contributed by atoms with Crippen LogP contribution in [0.25, 0.3) is 11.3 Å². The highest BCUT2D eigenvalue weighted by Crippen LogP contribution is 2.30. The zero-order chi connectivity index (χ0) is 12.8. The average Bonchev–Trinajstić information content (AvgIpc) is 2.36. The van der Waals surface area contributed by atoms with Gasteiger partial charge in [0.1, 0.15) is 5.75 Å². The van der Waals surface area contributed by atoms with Crippen molar-refractivity contribution in [1.82, 2.24) is 0 Å². The van der Waals surface area contributed by atoms with Gasteiger partial charge in [-0.1, -0.05) is 31.8 Å². The highest BCUT2D eigenvalue weighted by atomic mass is 28.3. The second-order valence-electron chi connectivity index (χ2n) is 5.76. The van der Waals surface area contributed by atoms with Crippen molar-refractivity contribution in [3.8, 4) is 17.0 Å². The van der Waals surface area contributed by atoms with Gasteiger partial charge in [-0.05, 0) is 17.3 Å². The quantitative estimate of drug-likeness (QED) is 0.564. The molecule has 0 amide bonds. The molecule has 0 saturated carbocycles. The van der Waals surface area contributed by atoms with Crippen LogP contribution in [0.15, 0.2) is 42.6 Å². The number of hydrogen-bond donors (Lipinski definition) is 0. The van der Waals surface area contributed by atoms with Gasteiger partial charge < -0.3 is 4.74 Å². The highest BCUT2D eigenvalue weighted by Gasteiger charge is 2.29. The van der Waals surface area contributed by atoms with E-state index in [1.54, 1.807) is 0 Å². The van der Waals surface area contributed by atoms with Gasteiger partial charge in [-0.3, -0.25) is 0 Å². The molecule has 0 fully saturated rings. The maximum Gasteiger partial charge on any atom is 0.292 e. The average molecular weight is 256 g/mol. The van der Waals surface area contributed by atoms with Crippen LogP contribution in [-0.4, -0.2) is 8.07 Å². The van der Waals surface area contributed by atoms with Crippen LogP contribution < -0.4 is 14.5 Å². The summed E-state index contributed by atoms with van der Waals surface area (Å²) in [6.07, 6.45) is 2.07. The molecule has 0 spiro atoms. The van der Waals surface area contributed by atoms with Crippen LogP contribution in [0.5, 0.6) is 5.75 Å². The lowest BCUT2D eigenvalue weighted by molar-refractivity contribution is -0.717. The number of rotatable bonds is 1. The minimum Gasteiger partial charge on any atom is -0.435 e. The fourth-order valence-electron chi connectivity index (χ4n) is 2.45. The summed E-state index contributed by atoms with van der Waals surface area (Å²) in [6.45, 7) is 7.70. The predicted molar refractivity (Wildman–Crippen MR) is 75.7 cm³/mol. The molecule has 0 radical (unpaired) electrons. The van der Waals surface area contributed by atoms with Gasteiger partial charge in [0, 0.05) is 12.1 Å². The molecule has 18 heavy (non-hydrogen) atoms. The molecule has 1 aromatic carbocycles. The van der Waals surface area contributed by atoms with E-state index >= 15 is 0 Å². The smallest absolute Gasteiger partial charge is 0.292 e. The maximum absolute atomic E-state index is 6.01. The van der Waals surface area contributed by atoms with Crippen LogP contribution in [0.3, 0.4) is 0 Å². The number of aromatic nitrogens is 1. The number of benzene rings is 1. The Bertz CT molecular complexity index is 602. The summed E-state index contributed by atoms with van der Waals surface area (Å²) in [4.78, 5) is 0. The molecule has 0 aliphatic carbocycles. The summed E-state index contributed by atoms with van der Waals surface area (Å²) < 4.78 is 8.15. The van der Waals surface area contributed by atoms with Crippen LogP contribution >= 0.6 is 0 Å². The first-order chi connectivity index (χ1) is 8.57. The van der Waals surface area contributed by atoms with Crippen molar-refractivity contribution < 1.29 is 9.30 Å². The largest absolute Gasteiger partial charge is 0.435 e. The van der Waals surface area contributed by atoms with Crippen LogP contribution in [0, 0.1) is 0 Å². The van der Waals surface area contributed by atoms with E-state index in [4.69, 9.17) is 4.74 Å². The highest BCUT2D eigenvalue weighted by molar-refractivity contribution is 6.89. The first kappa shape index (κ1) is 11.5. The second-order valence-corrected chi connectivity index (χ2v) is 10.8. The van der Waals surface area contributed by atoms with Gasteiger partial charge in [0.15, 0.2) is 6.20 Å². The molecule has 1 aliphatic rings. The maximum atomic E-state index is 6.01.